The van der Waals surface area contributed by atoms with Gasteiger partial charge >= 0.3 is 24.3 Å². The lowest BCUT2D eigenvalue weighted by Crippen LogP contribution is -2.54. The number of nitrogens with zero attached hydrogens (tertiary/aromatic N) is 2. The molecule has 3 rings (SSSR count). The van der Waals surface area contributed by atoms with Crippen molar-refractivity contribution in [2.45, 2.75) is 57.5 Å². The maximum Gasteiger partial charge on any atom is 0.416 e. The van der Waals surface area contributed by atoms with Crippen LogP contribution in [0.1, 0.15) is 53.7 Å². The smallest absolute Gasteiger partial charge is 0.416 e. The fourth-order valence-corrected chi connectivity index (χ4v) is 5.41. The van der Waals surface area contributed by atoms with E-state index in [-0.39, 0.29) is 71.4 Å². The van der Waals surface area contributed by atoms with Crippen molar-refractivity contribution >= 4 is 17.8 Å². The van der Waals surface area contributed by atoms with Crippen molar-refractivity contribution in [3.63, 3.8) is 0 Å². The third-order valence-electron chi connectivity index (χ3n) is 7.67. The maximum absolute atomic E-state index is 13.7. The third kappa shape index (κ3) is 12.1. The number of rotatable bonds is 16. The maximum atomic E-state index is 13.7. The van der Waals surface area contributed by atoms with Crippen LogP contribution in [0.15, 0.2) is 48.5 Å². The number of piperidine rings is 1. The van der Waals surface area contributed by atoms with Crippen molar-refractivity contribution in [2.24, 2.45) is 0 Å². The van der Waals surface area contributed by atoms with Gasteiger partial charge in [0.2, 0.25) is 0 Å². The highest BCUT2D eigenvalue weighted by Gasteiger charge is 2.40. The van der Waals surface area contributed by atoms with Crippen LogP contribution >= 0.6 is 0 Å². The standard InChI is InChI=1S/C33H40F6N2O7/c1-3-45-12-14-47-29(42)21-40(22-30(43)48-15-13-46-4-2)27-10-11-41(28(20-27)16-23-8-6-5-7-9-23)31(44)24-17-25(32(34,35)36)19-26(18-24)33(37,38)39/h5-9,17-19,27-28H,3-4,10-16,20-22H2,1-2H3/t27-,28+/m0/s1. The quantitative estimate of drug-likeness (QED) is 0.131. The Morgan fingerprint density at radius 2 is 1.31 bits per heavy atom. The number of hydrogen-bond donors (Lipinski definition) is 0. The van der Waals surface area contributed by atoms with Crippen LogP contribution in [0.3, 0.4) is 0 Å². The molecule has 1 aliphatic rings. The molecule has 1 heterocycles. The highest BCUT2D eigenvalue weighted by Crippen LogP contribution is 2.37. The average molecular weight is 691 g/mol. The van der Waals surface area contributed by atoms with Crippen molar-refractivity contribution in [1.82, 2.24) is 9.80 Å². The van der Waals surface area contributed by atoms with Gasteiger partial charge in [-0.2, -0.15) is 26.3 Å². The molecule has 0 radical (unpaired) electrons. The van der Waals surface area contributed by atoms with Gasteiger partial charge < -0.3 is 23.8 Å². The number of hydrogen-bond acceptors (Lipinski definition) is 8. The molecular formula is C33H40F6N2O7. The number of carbonyl (C=O) groups is 3. The highest BCUT2D eigenvalue weighted by molar-refractivity contribution is 5.95. The minimum absolute atomic E-state index is 0.0141. The Morgan fingerprint density at radius 1 is 0.792 bits per heavy atom. The summed E-state index contributed by atoms with van der Waals surface area (Å²) in [6.45, 7) is 4.04. The molecule has 0 aliphatic carbocycles. The van der Waals surface area contributed by atoms with Gasteiger partial charge in [0.15, 0.2) is 0 Å². The van der Waals surface area contributed by atoms with Crippen LogP contribution in [-0.4, -0.2) is 99.0 Å². The summed E-state index contributed by atoms with van der Waals surface area (Å²) in [6, 6.07) is 8.44. The average Bonchev–Trinajstić information content (AvgIpc) is 3.04. The highest BCUT2D eigenvalue weighted by atomic mass is 19.4. The minimum atomic E-state index is -5.12. The number of carbonyl (C=O) groups excluding carboxylic acids is 3. The van der Waals surface area contributed by atoms with E-state index in [4.69, 9.17) is 18.9 Å². The molecule has 0 aromatic heterocycles. The molecule has 1 fully saturated rings. The van der Waals surface area contributed by atoms with Gasteiger partial charge in [-0.25, -0.2) is 0 Å². The number of likely N-dealkylation sites (tertiary alicyclic amines) is 1. The Kier molecular flexibility index (Phi) is 14.7. The molecule has 0 spiro atoms. The molecule has 1 aliphatic heterocycles. The van der Waals surface area contributed by atoms with E-state index in [9.17, 15) is 40.7 Å². The van der Waals surface area contributed by atoms with Gasteiger partial charge in [-0.05, 0) is 56.9 Å². The number of amides is 1. The van der Waals surface area contributed by atoms with E-state index in [1.807, 2.05) is 0 Å². The van der Waals surface area contributed by atoms with Crippen LogP contribution in [0.5, 0.6) is 0 Å². The van der Waals surface area contributed by atoms with Gasteiger partial charge in [-0.3, -0.25) is 19.3 Å². The normalized spacial score (nSPS) is 17.0. The van der Waals surface area contributed by atoms with Gasteiger partial charge in [0, 0.05) is 37.4 Å². The summed E-state index contributed by atoms with van der Waals surface area (Å²) in [4.78, 5) is 42.1. The molecule has 1 saturated heterocycles. The number of halogens is 6. The van der Waals surface area contributed by atoms with E-state index >= 15 is 0 Å². The number of benzene rings is 2. The SMILES string of the molecule is CCOCCOC(=O)CN(CC(=O)OCCOCC)[C@H]1CCN(C(=O)c2cc(C(F)(F)F)cc(C(F)(F)F)c2)[C@H](Cc2ccccc2)C1. The van der Waals surface area contributed by atoms with Crippen LogP contribution in [0, 0.1) is 0 Å². The second kappa shape index (κ2) is 18.2. The molecule has 0 saturated carbocycles. The molecule has 15 heteroatoms. The summed E-state index contributed by atoms with van der Waals surface area (Å²) in [7, 11) is 0. The van der Waals surface area contributed by atoms with Crippen molar-refractivity contribution in [3.05, 3.63) is 70.8 Å². The van der Waals surface area contributed by atoms with Crippen LogP contribution in [0.2, 0.25) is 0 Å². The summed E-state index contributed by atoms with van der Waals surface area (Å²) < 4.78 is 102. The van der Waals surface area contributed by atoms with E-state index in [2.05, 4.69) is 0 Å². The van der Waals surface area contributed by atoms with Gasteiger partial charge in [-0.1, -0.05) is 30.3 Å². The Labute approximate surface area is 275 Å². The molecule has 0 unspecified atom stereocenters. The van der Waals surface area contributed by atoms with Crippen molar-refractivity contribution in [1.29, 1.82) is 0 Å². The largest absolute Gasteiger partial charge is 0.462 e. The first-order valence-electron chi connectivity index (χ1n) is 15.6. The summed E-state index contributed by atoms with van der Waals surface area (Å²) in [5.74, 6) is -2.28. The first-order chi connectivity index (χ1) is 22.7. The first kappa shape index (κ1) is 38.8. The second-order valence-electron chi connectivity index (χ2n) is 11.1. The molecule has 266 valence electrons. The van der Waals surface area contributed by atoms with E-state index in [0.29, 0.717) is 25.3 Å². The van der Waals surface area contributed by atoms with Crippen LogP contribution < -0.4 is 0 Å². The Bertz CT molecular complexity index is 1280. The topological polar surface area (TPSA) is 94.6 Å². The summed E-state index contributed by atoms with van der Waals surface area (Å²) in [6.07, 6.45) is -9.74. The predicted molar refractivity (Wildman–Crippen MR) is 161 cm³/mol. The zero-order chi connectivity index (χ0) is 35.3. The molecule has 48 heavy (non-hydrogen) atoms. The number of esters is 2. The fourth-order valence-electron chi connectivity index (χ4n) is 5.41. The van der Waals surface area contributed by atoms with Crippen LogP contribution in [-0.2, 0) is 47.3 Å². The van der Waals surface area contributed by atoms with Crippen molar-refractivity contribution < 1.29 is 59.7 Å². The Hall–Kier alpha value is -3.69. The molecule has 2 atom stereocenters. The first-order valence-corrected chi connectivity index (χ1v) is 15.6. The van der Waals surface area contributed by atoms with Gasteiger partial charge in [0.05, 0.1) is 37.4 Å². The lowest BCUT2D eigenvalue weighted by Gasteiger charge is -2.43. The number of ether oxygens (including phenoxy) is 4. The van der Waals surface area contributed by atoms with Gasteiger partial charge in [0.25, 0.3) is 5.91 Å². The number of alkyl halides is 6. The summed E-state index contributed by atoms with van der Waals surface area (Å²) in [5, 5.41) is 0. The molecule has 1 amide bonds. The van der Waals surface area contributed by atoms with Crippen LogP contribution in [0.4, 0.5) is 26.3 Å². The lowest BCUT2D eigenvalue weighted by molar-refractivity contribution is -0.152. The van der Waals surface area contributed by atoms with E-state index in [0.717, 1.165) is 5.56 Å². The molecule has 9 nitrogen and oxygen atoms in total. The minimum Gasteiger partial charge on any atom is -0.462 e. The second-order valence-corrected chi connectivity index (χ2v) is 11.1. The fraction of sp³-hybridized carbons (Fsp3) is 0.545. The molecule has 0 bridgehead atoms. The zero-order valence-electron chi connectivity index (χ0n) is 26.8. The predicted octanol–water partition coefficient (Wildman–Crippen LogP) is 5.40. The Morgan fingerprint density at radius 3 is 1.79 bits per heavy atom. The monoisotopic (exact) mass is 690 g/mol. The van der Waals surface area contributed by atoms with E-state index < -0.39 is 59.0 Å². The Balaban J connectivity index is 1.91. The third-order valence-corrected chi connectivity index (χ3v) is 7.67. The lowest BCUT2D eigenvalue weighted by atomic mass is 9.90. The molecular weight excluding hydrogens is 650 g/mol. The van der Waals surface area contributed by atoms with E-state index in [1.54, 1.807) is 49.1 Å². The zero-order valence-corrected chi connectivity index (χ0v) is 26.8. The van der Waals surface area contributed by atoms with Gasteiger partial charge in [0.1, 0.15) is 13.2 Å². The molecule has 2 aromatic carbocycles. The summed E-state index contributed by atoms with van der Waals surface area (Å²) >= 11 is 0. The van der Waals surface area contributed by atoms with Crippen molar-refractivity contribution in [2.75, 3.05) is 59.3 Å². The molecule has 2 aromatic rings. The van der Waals surface area contributed by atoms with E-state index in [1.165, 1.54) is 4.90 Å². The summed E-state index contributed by atoms with van der Waals surface area (Å²) in [5.41, 5.74) is -3.17. The van der Waals surface area contributed by atoms with Crippen molar-refractivity contribution in [3.8, 4) is 0 Å². The molecule has 0 N–H and O–H groups in total. The van der Waals surface area contributed by atoms with Gasteiger partial charge in [-0.15, -0.1) is 0 Å². The van der Waals surface area contributed by atoms with Crippen LogP contribution in [0.25, 0.3) is 0 Å².